The van der Waals surface area contributed by atoms with Gasteiger partial charge in [0, 0.05) is 23.1 Å². The summed E-state index contributed by atoms with van der Waals surface area (Å²) in [6.45, 7) is 0.560. The molecule has 19 heavy (non-hydrogen) atoms. The molecule has 2 N–H and O–H groups in total. The van der Waals surface area contributed by atoms with Crippen LogP contribution < -0.4 is 5.73 Å². The lowest BCUT2D eigenvalue weighted by molar-refractivity contribution is 1.07. The highest BCUT2D eigenvalue weighted by molar-refractivity contribution is 7.13. The first-order valence-electron chi connectivity index (χ1n) is 6.17. The van der Waals surface area contributed by atoms with E-state index in [1.54, 1.807) is 11.3 Å². The zero-order valence-electron chi connectivity index (χ0n) is 10.4. The van der Waals surface area contributed by atoms with Crippen molar-refractivity contribution >= 4 is 11.3 Å². The second kappa shape index (κ2) is 5.34. The van der Waals surface area contributed by atoms with Crippen molar-refractivity contribution in [3.8, 4) is 21.8 Å². The van der Waals surface area contributed by atoms with E-state index in [-0.39, 0.29) is 0 Å². The monoisotopic (exact) mass is 266 g/mol. The van der Waals surface area contributed by atoms with Crippen LogP contribution in [0.4, 0.5) is 0 Å². The van der Waals surface area contributed by atoms with Crippen LogP contribution in [0.2, 0.25) is 0 Å². The van der Waals surface area contributed by atoms with Crippen molar-refractivity contribution < 1.29 is 0 Å². The van der Waals surface area contributed by atoms with Crippen molar-refractivity contribution in [3.63, 3.8) is 0 Å². The van der Waals surface area contributed by atoms with Crippen molar-refractivity contribution in [1.82, 2.24) is 4.98 Å². The molecule has 0 fully saturated rings. The molecular formula is C16H14N2S. The fourth-order valence-electron chi connectivity index (χ4n) is 1.98. The lowest BCUT2D eigenvalue weighted by atomic mass is 10.1. The van der Waals surface area contributed by atoms with E-state index in [9.17, 15) is 0 Å². The predicted molar refractivity (Wildman–Crippen MR) is 80.9 cm³/mol. The summed E-state index contributed by atoms with van der Waals surface area (Å²) >= 11 is 1.66. The van der Waals surface area contributed by atoms with Gasteiger partial charge in [0.1, 0.15) is 5.01 Å². The van der Waals surface area contributed by atoms with Crippen LogP contribution in [0, 0.1) is 0 Å². The van der Waals surface area contributed by atoms with E-state index in [1.807, 2.05) is 30.3 Å². The first kappa shape index (κ1) is 12.1. The molecule has 3 heteroatoms. The minimum Gasteiger partial charge on any atom is -0.326 e. The molecule has 0 saturated carbocycles. The summed E-state index contributed by atoms with van der Waals surface area (Å²) in [4.78, 5) is 4.70. The molecule has 0 aliphatic rings. The lowest BCUT2D eigenvalue weighted by Crippen LogP contribution is -1.95. The minimum absolute atomic E-state index is 0.560. The molecule has 0 aliphatic heterocycles. The van der Waals surface area contributed by atoms with Crippen molar-refractivity contribution in [2.45, 2.75) is 6.54 Å². The number of thiazole rings is 1. The van der Waals surface area contributed by atoms with Gasteiger partial charge in [-0.3, -0.25) is 0 Å². The van der Waals surface area contributed by atoms with Gasteiger partial charge in [-0.1, -0.05) is 48.5 Å². The fraction of sp³-hybridized carbons (Fsp3) is 0.0625. The Labute approximate surface area is 116 Å². The molecular weight excluding hydrogens is 252 g/mol. The third-order valence-corrected chi connectivity index (χ3v) is 3.87. The van der Waals surface area contributed by atoms with E-state index in [0.717, 1.165) is 27.4 Å². The topological polar surface area (TPSA) is 38.9 Å². The Morgan fingerprint density at radius 3 is 2.53 bits per heavy atom. The molecule has 0 saturated heterocycles. The van der Waals surface area contributed by atoms with E-state index in [1.165, 1.54) is 0 Å². The second-order valence-corrected chi connectivity index (χ2v) is 5.17. The van der Waals surface area contributed by atoms with E-state index >= 15 is 0 Å². The number of aromatic nitrogens is 1. The summed E-state index contributed by atoms with van der Waals surface area (Å²) in [5.74, 6) is 0. The molecule has 0 unspecified atom stereocenters. The van der Waals surface area contributed by atoms with Crippen LogP contribution >= 0.6 is 11.3 Å². The summed E-state index contributed by atoms with van der Waals surface area (Å²) < 4.78 is 0. The first-order chi connectivity index (χ1) is 9.36. The van der Waals surface area contributed by atoms with Gasteiger partial charge >= 0.3 is 0 Å². The van der Waals surface area contributed by atoms with E-state index in [2.05, 4.69) is 29.6 Å². The van der Waals surface area contributed by atoms with E-state index in [0.29, 0.717) is 6.54 Å². The highest BCUT2D eigenvalue weighted by atomic mass is 32.1. The standard InChI is InChI=1S/C16H14N2S/c17-10-12-5-4-8-14(9-12)16-18-15(11-19-16)13-6-2-1-3-7-13/h1-9,11H,10,17H2. The molecule has 3 aromatic rings. The number of nitrogens with two attached hydrogens (primary N) is 1. The zero-order valence-corrected chi connectivity index (χ0v) is 11.2. The number of nitrogens with zero attached hydrogens (tertiary/aromatic N) is 1. The molecule has 0 spiro atoms. The normalized spacial score (nSPS) is 10.6. The zero-order chi connectivity index (χ0) is 13.1. The summed E-state index contributed by atoms with van der Waals surface area (Å²) in [5, 5.41) is 3.13. The number of hydrogen-bond donors (Lipinski definition) is 1. The van der Waals surface area contributed by atoms with Crippen molar-refractivity contribution in [3.05, 3.63) is 65.5 Å². The Morgan fingerprint density at radius 1 is 0.947 bits per heavy atom. The highest BCUT2D eigenvalue weighted by Gasteiger charge is 2.06. The van der Waals surface area contributed by atoms with Gasteiger partial charge in [0.25, 0.3) is 0 Å². The smallest absolute Gasteiger partial charge is 0.124 e. The summed E-state index contributed by atoms with van der Waals surface area (Å²) in [6.07, 6.45) is 0. The van der Waals surface area contributed by atoms with Crippen LogP contribution in [0.25, 0.3) is 21.8 Å². The third kappa shape index (κ3) is 2.57. The van der Waals surface area contributed by atoms with Crippen LogP contribution in [-0.4, -0.2) is 4.98 Å². The molecule has 94 valence electrons. The van der Waals surface area contributed by atoms with Crippen LogP contribution in [0.5, 0.6) is 0 Å². The van der Waals surface area contributed by atoms with Gasteiger partial charge in [-0.05, 0) is 11.6 Å². The molecule has 1 aromatic heterocycles. The predicted octanol–water partition coefficient (Wildman–Crippen LogP) is 3.94. The Bertz CT molecular complexity index is 674. The number of benzene rings is 2. The summed E-state index contributed by atoms with van der Waals surface area (Å²) in [6, 6.07) is 18.5. The maximum absolute atomic E-state index is 5.68. The van der Waals surface area contributed by atoms with Gasteiger partial charge in [0.05, 0.1) is 5.69 Å². The van der Waals surface area contributed by atoms with Crippen molar-refractivity contribution in [2.75, 3.05) is 0 Å². The highest BCUT2D eigenvalue weighted by Crippen LogP contribution is 2.29. The number of rotatable bonds is 3. The molecule has 3 rings (SSSR count). The van der Waals surface area contributed by atoms with E-state index in [4.69, 9.17) is 10.7 Å². The van der Waals surface area contributed by atoms with Crippen LogP contribution in [0.3, 0.4) is 0 Å². The van der Waals surface area contributed by atoms with E-state index < -0.39 is 0 Å². The van der Waals surface area contributed by atoms with Crippen LogP contribution in [0.1, 0.15) is 5.56 Å². The Hall–Kier alpha value is -1.97. The molecule has 0 aliphatic carbocycles. The van der Waals surface area contributed by atoms with Crippen molar-refractivity contribution in [2.24, 2.45) is 5.73 Å². The average molecular weight is 266 g/mol. The Morgan fingerprint density at radius 2 is 1.74 bits per heavy atom. The Kier molecular flexibility index (Phi) is 3.40. The van der Waals surface area contributed by atoms with Gasteiger partial charge in [-0.15, -0.1) is 11.3 Å². The molecule has 0 radical (unpaired) electrons. The van der Waals surface area contributed by atoms with Crippen LogP contribution in [0.15, 0.2) is 60.0 Å². The quantitative estimate of drug-likeness (QED) is 0.780. The number of hydrogen-bond acceptors (Lipinski definition) is 3. The molecule has 0 atom stereocenters. The molecule has 0 bridgehead atoms. The molecule has 2 aromatic carbocycles. The van der Waals surface area contributed by atoms with Gasteiger partial charge < -0.3 is 5.73 Å². The molecule has 0 amide bonds. The maximum atomic E-state index is 5.68. The van der Waals surface area contributed by atoms with Gasteiger partial charge in [-0.2, -0.15) is 0 Å². The first-order valence-corrected chi connectivity index (χ1v) is 7.05. The Balaban J connectivity index is 1.97. The maximum Gasteiger partial charge on any atom is 0.124 e. The largest absolute Gasteiger partial charge is 0.326 e. The third-order valence-electron chi connectivity index (χ3n) is 2.98. The average Bonchev–Trinajstić information content (AvgIpc) is 2.98. The minimum atomic E-state index is 0.560. The summed E-state index contributed by atoms with van der Waals surface area (Å²) in [7, 11) is 0. The fourth-order valence-corrected chi connectivity index (χ4v) is 2.81. The molecule has 1 heterocycles. The molecule has 2 nitrogen and oxygen atoms in total. The van der Waals surface area contributed by atoms with Crippen molar-refractivity contribution in [1.29, 1.82) is 0 Å². The van der Waals surface area contributed by atoms with Gasteiger partial charge in [0.15, 0.2) is 0 Å². The van der Waals surface area contributed by atoms with Crippen LogP contribution in [-0.2, 0) is 6.54 Å². The second-order valence-electron chi connectivity index (χ2n) is 4.31. The summed E-state index contributed by atoms with van der Waals surface area (Å²) in [5.41, 5.74) is 10.1. The van der Waals surface area contributed by atoms with Gasteiger partial charge in [0.2, 0.25) is 0 Å². The lowest BCUT2D eigenvalue weighted by Gasteiger charge is -2.00. The SMILES string of the molecule is NCc1cccc(-c2nc(-c3ccccc3)cs2)c1. The van der Waals surface area contributed by atoms with Gasteiger partial charge in [-0.25, -0.2) is 4.98 Å².